The second-order valence-corrected chi connectivity index (χ2v) is 2.83. The zero-order valence-corrected chi connectivity index (χ0v) is 10.00. The Labute approximate surface area is 102 Å². The number of para-hydroxylation sites is 1. The smallest absolute Gasteiger partial charge is 0.137 e. The molecule has 82 valence electrons. The fourth-order valence-corrected chi connectivity index (χ4v) is 1.02. The molecule has 0 aliphatic carbocycles. The standard InChI is InChI=1S/C9H12ClNO.2ClH/c10-8-4-1-2-5-9(8)12-7-3-6-11;;/h1-2,4-5H,3,6-7,11H2;2*1H. The van der Waals surface area contributed by atoms with E-state index in [0.29, 0.717) is 18.2 Å². The molecule has 5 heteroatoms. The lowest BCUT2D eigenvalue weighted by molar-refractivity contribution is 0.313. The van der Waals surface area contributed by atoms with Crippen molar-refractivity contribution in [2.24, 2.45) is 5.73 Å². The Kier molecular flexibility index (Phi) is 10.9. The van der Waals surface area contributed by atoms with Crippen LogP contribution in [0.4, 0.5) is 0 Å². The minimum absolute atomic E-state index is 0. The van der Waals surface area contributed by atoms with Gasteiger partial charge in [-0.25, -0.2) is 0 Å². The van der Waals surface area contributed by atoms with Crippen molar-refractivity contribution >= 4 is 36.4 Å². The fourth-order valence-electron chi connectivity index (χ4n) is 0.827. The van der Waals surface area contributed by atoms with Crippen LogP contribution >= 0.6 is 36.4 Å². The summed E-state index contributed by atoms with van der Waals surface area (Å²) in [6.45, 7) is 1.27. The highest BCUT2D eigenvalue weighted by Crippen LogP contribution is 2.22. The molecule has 2 N–H and O–H groups in total. The number of benzene rings is 1. The number of rotatable bonds is 4. The molecular formula is C9H14Cl3NO. The summed E-state index contributed by atoms with van der Waals surface area (Å²) in [6.07, 6.45) is 0.852. The summed E-state index contributed by atoms with van der Waals surface area (Å²) in [7, 11) is 0. The first-order valence-electron chi connectivity index (χ1n) is 3.92. The molecule has 14 heavy (non-hydrogen) atoms. The highest BCUT2D eigenvalue weighted by atomic mass is 35.5. The van der Waals surface area contributed by atoms with Crippen LogP contribution in [0, 0.1) is 0 Å². The summed E-state index contributed by atoms with van der Waals surface area (Å²) in [5.74, 6) is 0.729. The fraction of sp³-hybridized carbons (Fsp3) is 0.333. The van der Waals surface area contributed by atoms with Gasteiger partial charge < -0.3 is 10.5 Å². The molecule has 0 atom stereocenters. The molecule has 0 spiro atoms. The van der Waals surface area contributed by atoms with E-state index >= 15 is 0 Å². The van der Waals surface area contributed by atoms with Gasteiger partial charge in [0.15, 0.2) is 0 Å². The van der Waals surface area contributed by atoms with E-state index < -0.39 is 0 Å². The van der Waals surface area contributed by atoms with Crippen LogP contribution in [0.3, 0.4) is 0 Å². The summed E-state index contributed by atoms with van der Waals surface area (Å²) in [5.41, 5.74) is 5.32. The van der Waals surface area contributed by atoms with E-state index in [1.165, 1.54) is 0 Å². The minimum atomic E-state index is 0. The van der Waals surface area contributed by atoms with Gasteiger partial charge in [0.25, 0.3) is 0 Å². The predicted molar refractivity (Wildman–Crippen MR) is 65.1 cm³/mol. The van der Waals surface area contributed by atoms with E-state index in [1.807, 2.05) is 18.2 Å². The summed E-state index contributed by atoms with van der Waals surface area (Å²) in [5, 5.41) is 0.648. The van der Waals surface area contributed by atoms with Gasteiger partial charge in [-0.3, -0.25) is 0 Å². The maximum absolute atomic E-state index is 5.85. The Hall–Kier alpha value is -0.150. The van der Waals surface area contributed by atoms with Crippen LogP contribution in [-0.2, 0) is 0 Å². The van der Waals surface area contributed by atoms with Gasteiger partial charge in [-0.1, -0.05) is 23.7 Å². The molecule has 1 aromatic rings. The van der Waals surface area contributed by atoms with Crippen molar-refractivity contribution in [1.82, 2.24) is 0 Å². The highest BCUT2D eigenvalue weighted by molar-refractivity contribution is 6.32. The van der Waals surface area contributed by atoms with Crippen molar-refractivity contribution in [3.63, 3.8) is 0 Å². The van der Waals surface area contributed by atoms with Crippen molar-refractivity contribution in [2.75, 3.05) is 13.2 Å². The SMILES string of the molecule is Cl.Cl.NCCCOc1ccccc1Cl. The van der Waals surface area contributed by atoms with Gasteiger partial charge in [0, 0.05) is 0 Å². The topological polar surface area (TPSA) is 35.2 Å². The molecule has 0 heterocycles. The second-order valence-electron chi connectivity index (χ2n) is 2.42. The van der Waals surface area contributed by atoms with Crippen LogP contribution in [0.15, 0.2) is 24.3 Å². The van der Waals surface area contributed by atoms with Crippen molar-refractivity contribution in [3.05, 3.63) is 29.3 Å². The molecule has 0 saturated carbocycles. The van der Waals surface area contributed by atoms with Gasteiger partial charge in [0.2, 0.25) is 0 Å². The third-order valence-electron chi connectivity index (χ3n) is 1.44. The molecule has 0 fully saturated rings. The van der Waals surface area contributed by atoms with Crippen LogP contribution in [0.1, 0.15) is 6.42 Å². The van der Waals surface area contributed by atoms with Crippen molar-refractivity contribution in [2.45, 2.75) is 6.42 Å². The molecule has 0 aromatic heterocycles. The van der Waals surface area contributed by atoms with Crippen LogP contribution in [-0.4, -0.2) is 13.2 Å². The van der Waals surface area contributed by atoms with E-state index in [1.54, 1.807) is 6.07 Å². The number of hydrogen-bond acceptors (Lipinski definition) is 2. The molecule has 0 aliphatic rings. The van der Waals surface area contributed by atoms with E-state index in [9.17, 15) is 0 Å². The van der Waals surface area contributed by atoms with E-state index in [4.69, 9.17) is 22.1 Å². The monoisotopic (exact) mass is 257 g/mol. The van der Waals surface area contributed by atoms with Gasteiger partial charge in [-0.15, -0.1) is 24.8 Å². The van der Waals surface area contributed by atoms with E-state index in [-0.39, 0.29) is 24.8 Å². The largest absolute Gasteiger partial charge is 0.492 e. The lowest BCUT2D eigenvalue weighted by Gasteiger charge is -2.05. The first-order valence-corrected chi connectivity index (χ1v) is 4.30. The summed E-state index contributed by atoms with van der Waals surface area (Å²) >= 11 is 5.85. The first-order chi connectivity index (χ1) is 5.84. The lowest BCUT2D eigenvalue weighted by Crippen LogP contribution is -2.06. The Morgan fingerprint density at radius 2 is 1.86 bits per heavy atom. The molecule has 0 bridgehead atoms. The van der Waals surface area contributed by atoms with Crippen LogP contribution in [0.5, 0.6) is 5.75 Å². The molecular weight excluding hydrogens is 244 g/mol. The third kappa shape index (κ3) is 5.55. The van der Waals surface area contributed by atoms with Gasteiger partial charge in [-0.2, -0.15) is 0 Å². The predicted octanol–water partition coefficient (Wildman–Crippen LogP) is 2.91. The third-order valence-corrected chi connectivity index (χ3v) is 1.75. The molecule has 0 radical (unpaired) electrons. The van der Waals surface area contributed by atoms with Gasteiger partial charge in [0.1, 0.15) is 5.75 Å². The number of ether oxygens (including phenoxy) is 1. The van der Waals surface area contributed by atoms with Crippen molar-refractivity contribution in [1.29, 1.82) is 0 Å². The van der Waals surface area contributed by atoms with E-state index in [2.05, 4.69) is 0 Å². The zero-order valence-electron chi connectivity index (χ0n) is 7.61. The molecule has 1 aromatic carbocycles. The summed E-state index contributed by atoms with van der Waals surface area (Å²) in [6, 6.07) is 7.42. The lowest BCUT2D eigenvalue weighted by atomic mass is 10.3. The molecule has 2 nitrogen and oxygen atoms in total. The van der Waals surface area contributed by atoms with E-state index in [0.717, 1.165) is 12.2 Å². The van der Waals surface area contributed by atoms with Crippen LogP contribution in [0.2, 0.25) is 5.02 Å². The normalized spacial score (nSPS) is 8.43. The van der Waals surface area contributed by atoms with Crippen molar-refractivity contribution in [3.8, 4) is 5.75 Å². The number of hydrogen-bond donors (Lipinski definition) is 1. The average molecular weight is 259 g/mol. The second kappa shape index (κ2) is 9.41. The minimum Gasteiger partial charge on any atom is -0.492 e. The van der Waals surface area contributed by atoms with Gasteiger partial charge in [-0.05, 0) is 25.1 Å². The molecule has 0 saturated heterocycles. The Bertz CT molecular complexity index is 245. The van der Waals surface area contributed by atoms with Gasteiger partial charge in [0.05, 0.1) is 11.6 Å². The maximum atomic E-state index is 5.85. The van der Waals surface area contributed by atoms with Gasteiger partial charge >= 0.3 is 0 Å². The Morgan fingerprint density at radius 3 is 2.43 bits per heavy atom. The summed E-state index contributed by atoms with van der Waals surface area (Å²) < 4.78 is 5.37. The maximum Gasteiger partial charge on any atom is 0.137 e. The molecule has 0 amide bonds. The van der Waals surface area contributed by atoms with Crippen LogP contribution in [0.25, 0.3) is 0 Å². The average Bonchev–Trinajstić information content (AvgIpc) is 2.09. The Balaban J connectivity index is 0. The zero-order chi connectivity index (χ0) is 8.81. The molecule has 0 aliphatic heterocycles. The number of nitrogens with two attached hydrogens (primary N) is 1. The number of halogens is 3. The van der Waals surface area contributed by atoms with Crippen molar-refractivity contribution < 1.29 is 4.74 Å². The summed E-state index contributed by atoms with van der Waals surface area (Å²) in [4.78, 5) is 0. The first kappa shape index (κ1) is 16.3. The quantitative estimate of drug-likeness (QED) is 0.843. The highest BCUT2D eigenvalue weighted by Gasteiger charge is 1.97. The molecule has 0 unspecified atom stereocenters. The molecule has 1 rings (SSSR count). The van der Waals surface area contributed by atoms with Crippen LogP contribution < -0.4 is 10.5 Å². The Morgan fingerprint density at radius 1 is 1.21 bits per heavy atom.